The monoisotopic (exact) mass is 381 g/mol. The molecule has 146 valence electrons. The number of rotatable bonds is 7. The maximum absolute atomic E-state index is 12.5. The third-order valence-corrected chi connectivity index (χ3v) is 4.84. The van der Waals surface area contributed by atoms with E-state index >= 15 is 0 Å². The van der Waals surface area contributed by atoms with E-state index in [9.17, 15) is 4.79 Å². The zero-order chi connectivity index (χ0) is 19.2. The van der Waals surface area contributed by atoms with Crippen LogP contribution in [0.1, 0.15) is 24.5 Å². The molecule has 3 aromatic rings. The molecule has 0 aromatic carbocycles. The molecule has 0 aliphatic carbocycles. The first-order valence-corrected chi connectivity index (χ1v) is 9.54. The van der Waals surface area contributed by atoms with Gasteiger partial charge in [0.2, 0.25) is 17.6 Å². The topological polar surface area (TPSA) is 97.3 Å². The van der Waals surface area contributed by atoms with Gasteiger partial charge in [-0.25, -0.2) is 0 Å². The van der Waals surface area contributed by atoms with Crippen molar-refractivity contribution in [1.29, 1.82) is 0 Å². The second kappa shape index (κ2) is 8.79. The molecule has 8 heteroatoms. The normalized spacial score (nSPS) is 17.5. The highest BCUT2D eigenvalue weighted by Crippen LogP contribution is 2.19. The van der Waals surface area contributed by atoms with E-state index in [0.717, 1.165) is 38.2 Å². The van der Waals surface area contributed by atoms with Gasteiger partial charge in [-0.2, -0.15) is 4.98 Å². The fourth-order valence-corrected chi connectivity index (χ4v) is 3.43. The average molecular weight is 381 g/mol. The standard InChI is InChI=1S/C20H23N5O3/c26-20(15-5-3-11-25(13-15)14-16-6-4-12-27-16)22-10-8-18-23-19(24-28-18)17-7-1-2-9-21-17/h1-2,4,6-7,9,12,15H,3,5,8,10-11,13-14H2,(H,22,26). The molecule has 1 N–H and O–H groups in total. The van der Waals surface area contributed by atoms with Crippen LogP contribution in [0, 0.1) is 5.92 Å². The van der Waals surface area contributed by atoms with Gasteiger partial charge in [0.25, 0.3) is 0 Å². The van der Waals surface area contributed by atoms with Gasteiger partial charge in [-0.1, -0.05) is 11.2 Å². The summed E-state index contributed by atoms with van der Waals surface area (Å²) in [4.78, 5) is 23.3. The van der Waals surface area contributed by atoms with Gasteiger partial charge in [-0.15, -0.1) is 0 Å². The molecule has 1 aliphatic rings. The third-order valence-electron chi connectivity index (χ3n) is 4.84. The molecule has 0 saturated carbocycles. The number of piperidine rings is 1. The molecule has 4 rings (SSSR count). The van der Waals surface area contributed by atoms with Crippen LogP contribution in [0.25, 0.3) is 11.5 Å². The quantitative estimate of drug-likeness (QED) is 0.670. The highest BCUT2D eigenvalue weighted by molar-refractivity contribution is 5.78. The number of aromatic nitrogens is 3. The zero-order valence-corrected chi connectivity index (χ0v) is 15.6. The zero-order valence-electron chi connectivity index (χ0n) is 15.6. The highest BCUT2D eigenvalue weighted by atomic mass is 16.5. The Morgan fingerprint density at radius 3 is 3.07 bits per heavy atom. The molecule has 1 saturated heterocycles. The van der Waals surface area contributed by atoms with Crippen LogP contribution in [0.5, 0.6) is 0 Å². The summed E-state index contributed by atoms with van der Waals surface area (Å²) in [5.41, 5.74) is 0.667. The number of likely N-dealkylation sites (tertiary alicyclic amines) is 1. The second-order valence-electron chi connectivity index (χ2n) is 6.92. The summed E-state index contributed by atoms with van der Waals surface area (Å²) < 4.78 is 10.7. The molecule has 0 spiro atoms. The lowest BCUT2D eigenvalue weighted by Crippen LogP contribution is -2.43. The molecule has 1 aliphatic heterocycles. The summed E-state index contributed by atoms with van der Waals surface area (Å²) in [6.45, 7) is 2.95. The Morgan fingerprint density at radius 1 is 1.29 bits per heavy atom. The Hall–Kier alpha value is -3.00. The van der Waals surface area contributed by atoms with Crippen molar-refractivity contribution >= 4 is 5.91 Å². The summed E-state index contributed by atoms with van der Waals surface area (Å²) in [6.07, 6.45) is 5.78. The summed E-state index contributed by atoms with van der Waals surface area (Å²) in [5.74, 6) is 1.96. The Kier molecular flexibility index (Phi) is 5.77. The Morgan fingerprint density at radius 2 is 2.25 bits per heavy atom. The number of carbonyl (C=O) groups is 1. The maximum atomic E-state index is 12.5. The van der Waals surface area contributed by atoms with Gasteiger partial charge in [-0.3, -0.25) is 14.7 Å². The molecule has 3 aromatic heterocycles. The number of pyridine rings is 1. The number of hydrogen-bond donors (Lipinski definition) is 1. The summed E-state index contributed by atoms with van der Waals surface area (Å²) in [6, 6.07) is 9.39. The first-order valence-electron chi connectivity index (χ1n) is 9.54. The van der Waals surface area contributed by atoms with E-state index in [2.05, 4.69) is 25.3 Å². The SMILES string of the molecule is O=C(NCCc1nc(-c2ccccn2)no1)C1CCCN(Cc2ccco2)C1. The number of carbonyl (C=O) groups excluding carboxylic acids is 1. The van der Waals surface area contributed by atoms with E-state index in [1.165, 1.54) is 0 Å². The average Bonchev–Trinajstić information content (AvgIpc) is 3.41. The summed E-state index contributed by atoms with van der Waals surface area (Å²) >= 11 is 0. The Labute approximate surface area is 162 Å². The molecule has 1 fully saturated rings. The van der Waals surface area contributed by atoms with Crippen molar-refractivity contribution < 1.29 is 13.7 Å². The molecule has 4 heterocycles. The minimum atomic E-state index is -0.00419. The van der Waals surface area contributed by atoms with E-state index in [-0.39, 0.29) is 11.8 Å². The van der Waals surface area contributed by atoms with Gasteiger partial charge in [-0.05, 0) is 43.7 Å². The summed E-state index contributed by atoms with van der Waals surface area (Å²) in [7, 11) is 0. The molecule has 0 bridgehead atoms. The van der Waals surface area contributed by atoms with E-state index in [1.807, 2.05) is 30.3 Å². The predicted molar refractivity (Wildman–Crippen MR) is 101 cm³/mol. The van der Waals surface area contributed by atoms with Crippen molar-refractivity contribution in [2.75, 3.05) is 19.6 Å². The molecule has 8 nitrogen and oxygen atoms in total. The first-order chi connectivity index (χ1) is 13.8. The van der Waals surface area contributed by atoms with Gasteiger partial charge >= 0.3 is 0 Å². The van der Waals surface area contributed by atoms with Crippen molar-refractivity contribution in [3.8, 4) is 11.5 Å². The predicted octanol–water partition coefficient (Wildman–Crippen LogP) is 2.30. The van der Waals surface area contributed by atoms with Crippen molar-refractivity contribution in [3.05, 3.63) is 54.4 Å². The van der Waals surface area contributed by atoms with Crippen LogP contribution < -0.4 is 5.32 Å². The number of nitrogens with one attached hydrogen (secondary N) is 1. The van der Waals surface area contributed by atoms with E-state index in [1.54, 1.807) is 12.5 Å². The number of amides is 1. The van der Waals surface area contributed by atoms with Crippen molar-refractivity contribution in [1.82, 2.24) is 25.3 Å². The molecular formula is C20H23N5O3. The molecule has 0 radical (unpaired) electrons. The number of nitrogens with zero attached hydrogens (tertiary/aromatic N) is 4. The molecular weight excluding hydrogens is 358 g/mol. The van der Waals surface area contributed by atoms with Crippen LogP contribution in [-0.2, 0) is 17.8 Å². The van der Waals surface area contributed by atoms with Gasteiger partial charge in [0.05, 0.1) is 18.7 Å². The van der Waals surface area contributed by atoms with Gasteiger partial charge in [0.1, 0.15) is 11.5 Å². The van der Waals surface area contributed by atoms with Crippen molar-refractivity contribution in [3.63, 3.8) is 0 Å². The van der Waals surface area contributed by atoms with Gasteiger partial charge < -0.3 is 14.3 Å². The van der Waals surface area contributed by atoms with Gasteiger partial charge in [0, 0.05) is 25.7 Å². The maximum Gasteiger partial charge on any atom is 0.228 e. The molecule has 1 atom stereocenters. The lowest BCUT2D eigenvalue weighted by molar-refractivity contribution is -0.126. The minimum Gasteiger partial charge on any atom is -0.468 e. The Bertz CT molecular complexity index is 878. The number of hydrogen-bond acceptors (Lipinski definition) is 7. The van der Waals surface area contributed by atoms with E-state index < -0.39 is 0 Å². The lowest BCUT2D eigenvalue weighted by atomic mass is 9.97. The molecule has 28 heavy (non-hydrogen) atoms. The van der Waals surface area contributed by atoms with Crippen molar-refractivity contribution in [2.45, 2.75) is 25.8 Å². The van der Waals surface area contributed by atoms with Crippen LogP contribution in [0.15, 0.2) is 51.7 Å². The smallest absolute Gasteiger partial charge is 0.228 e. The fourth-order valence-electron chi connectivity index (χ4n) is 3.43. The largest absolute Gasteiger partial charge is 0.468 e. The van der Waals surface area contributed by atoms with Crippen LogP contribution in [0.2, 0.25) is 0 Å². The lowest BCUT2D eigenvalue weighted by Gasteiger charge is -2.31. The van der Waals surface area contributed by atoms with Crippen LogP contribution in [0.4, 0.5) is 0 Å². The van der Waals surface area contributed by atoms with E-state index in [0.29, 0.717) is 30.4 Å². The second-order valence-corrected chi connectivity index (χ2v) is 6.92. The highest BCUT2D eigenvalue weighted by Gasteiger charge is 2.26. The van der Waals surface area contributed by atoms with Crippen molar-refractivity contribution in [2.24, 2.45) is 5.92 Å². The first kappa shape index (κ1) is 18.4. The van der Waals surface area contributed by atoms with Crippen LogP contribution in [-0.4, -0.2) is 45.6 Å². The Balaban J connectivity index is 1.24. The number of furan rings is 1. The summed E-state index contributed by atoms with van der Waals surface area (Å²) in [5, 5.41) is 6.94. The molecule has 1 amide bonds. The van der Waals surface area contributed by atoms with Gasteiger partial charge in [0.15, 0.2) is 0 Å². The van der Waals surface area contributed by atoms with E-state index in [4.69, 9.17) is 8.94 Å². The van der Waals surface area contributed by atoms with Crippen LogP contribution >= 0.6 is 0 Å². The van der Waals surface area contributed by atoms with Crippen LogP contribution in [0.3, 0.4) is 0 Å². The minimum absolute atomic E-state index is 0.00419. The third kappa shape index (κ3) is 4.64. The molecule has 1 unspecified atom stereocenters. The fraction of sp³-hybridized carbons (Fsp3) is 0.400.